The highest BCUT2D eigenvalue weighted by Crippen LogP contribution is 2.28. The zero-order valence-corrected chi connectivity index (χ0v) is 10.2. The van der Waals surface area contributed by atoms with E-state index in [-0.39, 0.29) is 5.91 Å². The molecule has 0 bridgehead atoms. The van der Waals surface area contributed by atoms with Crippen molar-refractivity contribution in [3.05, 3.63) is 0 Å². The molecule has 2 fully saturated rings. The Kier molecular flexibility index (Phi) is 3.50. The van der Waals surface area contributed by atoms with Crippen molar-refractivity contribution in [1.82, 2.24) is 10.2 Å². The molecule has 1 aliphatic carbocycles. The number of hydrogen-bond donors (Lipinski definition) is 2. The maximum Gasteiger partial charge on any atom is 0.242 e. The average Bonchev–Trinajstić information content (AvgIpc) is 2.81. The van der Waals surface area contributed by atoms with Crippen molar-refractivity contribution in [2.45, 2.75) is 50.1 Å². The Morgan fingerprint density at radius 3 is 2.62 bits per heavy atom. The smallest absolute Gasteiger partial charge is 0.242 e. The summed E-state index contributed by atoms with van der Waals surface area (Å²) < 4.78 is 0. The molecule has 4 nitrogen and oxygen atoms in total. The first-order valence-corrected chi connectivity index (χ1v) is 6.40. The number of nitrogens with one attached hydrogen (secondary N) is 1. The van der Waals surface area contributed by atoms with E-state index in [0.717, 1.165) is 45.2 Å². The number of carbonyl (C=O) groups excluding carboxylic acids is 1. The molecule has 92 valence electrons. The van der Waals surface area contributed by atoms with Crippen molar-refractivity contribution in [3.63, 3.8) is 0 Å². The van der Waals surface area contributed by atoms with E-state index in [1.165, 1.54) is 6.42 Å². The molecule has 16 heavy (non-hydrogen) atoms. The highest BCUT2D eigenvalue weighted by Gasteiger charge is 2.39. The number of carbonyl (C=O) groups is 1. The van der Waals surface area contributed by atoms with Crippen molar-refractivity contribution < 1.29 is 4.79 Å². The minimum Gasteiger partial charge on any atom is -0.340 e. The van der Waals surface area contributed by atoms with Gasteiger partial charge in [0.1, 0.15) is 0 Å². The lowest BCUT2D eigenvalue weighted by atomic mass is 9.81. The van der Waals surface area contributed by atoms with Gasteiger partial charge >= 0.3 is 0 Å². The lowest BCUT2D eigenvalue weighted by Crippen LogP contribution is -2.57. The van der Waals surface area contributed by atoms with Crippen LogP contribution in [0.25, 0.3) is 0 Å². The maximum atomic E-state index is 12.4. The second kappa shape index (κ2) is 4.72. The Balaban J connectivity index is 1.99. The van der Waals surface area contributed by atoms with E-state index in [4.69, 9.17) is 5.73 Å². The van der Waals surface area contributed by atoms with E-state index >= 15 is 0 Å². The summed E-state index contributed by atoms with van der Waals surface area (Å²) in [5.74, 6) is 0.154. The Morgan fingerprint density at radius 2 is 2.06 bits per heavy atom. The Morgan fingerprint density at radius 1 is 1.38 bits per heavy atom. The van der Waals surface area contributed by atoms with Gasteiger partial charge in [-0.25, -0.2) is 0 Å². The minimum absolute atomic E-state index is 0.154. The van der Waals surface area contributed by atoms with Gasteiger partial charge in [0.05, 0.1) is 5.54 Å². The Labute approximate surface area is 97.6 Å². The largest absolute Gasteiger partial charge is 0.340 e. The molecule has 1 unspecified atom stereocenters. The summed E-state index contributed by atoms with van der Waals surface area (Å²) >= 11 is 0. The standard InChI is InChI=1S/C12H23N3O/c1-15(10-5-8-14-9-10)11(16)12(13)6-3-2-4-7-12/h10,14H,2-9,13H2,1H3. The topological polar surface area (TPSA) is 58.4 Å². The van der Waals surface area contributed by atoms with Gasteiger partial charge in [-0.2, -0.15) is 0 Å². The van der Waals surface area contributed by atoms with E-state index in [1.807, 2.05) is 11.9 Å². The predicted molar refractivity (Wildman–Crippen MR) is 64.0 cm³/mol. The minimum atomic E-state index is -0.574. The molecule has 0 aromatic heterocycles. The van der Waals surface area contributed by atoms with Crippen LogP contribution in [0.2, 0.25) is 0 Å². The molecular formula is C12H23N3O. The van der Waals surface area contributed by atoms with Crippen molar-refractivity contribution in [1.29, 1.82) is 0 Å². The van der Waals surface area contributed by atoms with Gasteiger partial charge in [-0.05, 0) is 25.8 Å². The highest BCUT2D eigenvalue weighted by atomic mass is 16.2. The Bertz CT molecular complexity index is 255. The molecule has 2 aliphatic rings. The normalized spacial score (nSPS) is 29.0. The van der Waals surface area contributed by atoms with Crippen LogP contribution in [0.1, 0.15) is 38.5 Å². The predicted octanol–water partition coefficient (Wildman–Crippen LogP) is 0.468. The average molecular weight is 225 g/mol. The third kappa shape index (κ3) is 2.23. The second-order valence-corrected chi connectivity index (χ2v) is 5.28. The molecule has 1 amide bonds. The molecular weight excluding hydrogens is 202 g/mol. The molecule has 4 heteroatoms. The van der Waals surface area contributed by atoms with E-state index in [9.17, 15) is 4.79 Å². The summed E-state index contributed by atoms with van der Waals surface area (Å²) in [6.45, 7) is 1.93. The molecule has 0 spiro atoms. The summed E-state index contributed by atoms with van der Waals surface area (Å²) in [4.78, 5) is 14.3. The first-order valence-electron chi connectivity index (χ1n) is 6.40. The fourth-order valence-electron chi connectivity index (χ4n) is 2.88. The van der Waals surface area contributed by atoms with E-state index < -0.39 is 5.54 Å². The molecule has 1 aliphatic heterocycles. The molecule has 0 aromatic carbocycles. The number of nitrogens with two attached hydrogens (primary N) is 1. The first kappa shape index (κ1) is 11.9. The van der Waals surface area contributed by atoms with Gasteiger partial charge in [0.25, 0.3) is 0 Å². The summed E-state index contributed by atoms with van der Waals surface area (Å²) in [7, 11) is 1.91. The fourth-order valence-corrected chi connectivity index (χ4v) is 2.88. The lowest BCUT2D eigenvalue weighted by molar-refractivity contribution is -0.138. The van der Waals surface area contributed by atoms with E-state index in [0.29, 0.717) is 6.04 Å². The Hall–Kier alpha value is -0.610. The first-order chi connectivity index (χ1) is 7.63. The molecule has 3 N–H and O–H groups in total. The maximum absolute atomic E-state index is 12.4. The summed E-state index contributed by atoms with van der Waals surface area (Å²) in [6, 6.07) is 0.342. The van der Waals surface area contributed by atoms with Crippen LogP contribution in [-0.4, -0.2) is 42.5 Å². The van der Waals surface area contributed by atoms with Crippen LogP contribution in [0.3, 0.4) is 0 Å². The van der Waals surface area contributed by atoms with Crippen LogP contribution in [0.4, 0.5) is 0 Å². The van der Waals surface area contributed by atoms with Crippen LogP contribution < -0.4 is 11.1 Å². The number of amides is 1. The summed E-state index contributed by atoms with van der Waals surface area (Å²) in [6.07, 6.45) is 6.18. The SMILES string of the molecule is CN(C(=O)C1(N)CCCCC1)C1CCNC1. The molecule has 1 atom stereocenters. The van der Waals surface area contributed by atoms with Crippen molar-refractivity contribution >= 4 is 5.91 Å². The molecule has 2 rings (SSSR count). The van der Waals surface area contributed by atoms with Gasteiger partial charge in [-0.15, -0.1) is 0 Å². The number of rotatable bonds is 2. The van der Waals surface area contributed by atoms with Gasteiger partial charge in [0.2, 0.25) is 5.91 Å². The molecule has 1 saturated carbocycles. The van der Waals surface area contributed by atoms with Crippen molar-refractivity contribution in [2.75, 3.05) is 20.1 Å². The van der Waals surface area contributed by atoms with Gasteiger partial charge in [0, 0.05) is 19.6 Å². The molecule has 1 saturated heterocycles. The van der Waals surface area contributed by atoms with Crippen LogP contribution >= 0.6 is 0 Å². The van der Waals surface area contributed by atoms with Gasteiger partial charge in [-0.3, -0.25) is 4.79 Å². The van der Waals surface area contributed by atoms with E-state index in [1.54, 1.807) is 0 Å². The number of nitrogens with zero attached hydrogens (tertiary/aromatic N) is 1. The monoisotopic (exact) mass is 225 g/mol. The second-order valence-electron chi connectivity index (χ2n) is 5.28. The van der Waals surface area contributed by atoms with E-state index in [2.05, 4.69) is 5.32 Å². The zero-order valence-electron chi connectivity index (χ0n) is 10.2. The molecule has 1 heterocycles. The third-order valence-corrected chi connectivity index (χ3v) is 4.07. The lowest BCUT2D eigenvalue weighted by Gasteiger charge is -2.37. The van der Waals surface area contributed by atoms with Crippen molar-refractivity contribution in [3.8, 4) is 0 Å². The van der Waals surface area contributed by atoms with Crippen LogP contribution in [0.5, 0.6) is 0 Å². The van der Waals surface area contributed by atoms with Gasteiger partial charge in [0.15, 0.2) is 0 Å². The highest BCUT2D eigenvalue weighted by molar-refractivity contribution is 5.86. The summed E-state index contributed by atoms with van der Waals surface area (Å²) in [5.41, 5.74) is 5.69. The van der Waals surface area contributed by atoms with Crippen LogP contribution in [-0.2, 0) is 4.79 Å². The number of likely N-dealkylation sites (N-methyl/N-ethyl adjacent to an activating group) is 1. The van der Waals surface area contributed by atoms with Gasteiger partial charge in [-0.1, -0.05) is 19.3 Å². The molecule has 0 radical (unpaired) electrons. The zero-order chi connectivity index (χ0) is 11.6. The quantitative estimate of drug-likeness (QED) is 0.718. The molecule has 0 aromatic rings. The van der Waals surface area contributed by atoms with Crippen molar-refractivity contribution in [2.24, 2.45) is 5.73 Å². The summed E-state index contributed by atoms with van der Waals surface area (Å²) in [5, 5.41) is 3.29. The van der Waals surface area contributed by atoms with Crippen LogP contribution in [0, 0.1) is 0 Å². The third-order valence-electron chi connectivity index (χ3n) is 4.07. The van der Waals surface area contributed by atoms with Gasteiger partial charge < -0.3 is 16.0 Å². The fraction of sp³-hybridized carbons (Fsp3) is 0.917. The number of hydrogen-bond acceptors (Lipinski definition) is 3. The van der Waals surface area contributed by atoms with Crippen LogP contribution in [0.15, 0.2) is 0 Å².